The Morgan fingerprint density at radius 3 is 2.52 bits per heavy atom. The molecule has 0 aromatic carbocycles. The number of hydrogen-bond acceptors (Lipinski definition) is 4. The Kier molecular flexibility index (Phi) is 5.58. The average Bonchev–Trinajstić information content (AvgIpc) is 2.71. The van der Waals surface area contributed by atoms with Crippen molar-refractivity contribution in [1.29, 1.82) is 0 Å². The van der Waals surface area contributed by atoms with Crippen LogP contribution in [0.2, 0.25) is 0 Å². The summed E-state index contributed by atoms with van der Waals surface area (Å²) in [6.45, 7) is 4.55. The Morgan fingerprint density at radius 2 is 2.00 bits per heavy atom. The first-order valence-corrected chi connectivity index (χ1v) is 8.40. The lowest BCUT2D eigenvalue weighted by atomic mass is 9.86. The second-order valence-corrected chi connectivity index (χ2v) is 7.04. The van der Waals surface area contributed by atoms with Crippen molar-refractivity contribution in [2.45, 2.75) is 58.5 Å². The van der Waals surface area contributed by atoms with E-state index in [2.05, 4.69) is 5.32 Å². The van der Waals surface area contributed by atoms with E-state index in [1.165, 1.54) is 11.3 Å². The number of rotatable bonds is 5. The van der Waals surface area contributed by atoms with Crippen LogP contribution < -0.4 is 10.2 Å². The van der Waals surface area contributed by atoms with Gasteiger partial charge in [-0.25, -0.2) is 0 Å². The summed E-state index contributed by atoms with van der Waals surface area (Å²) in [5, 5.41) is 12.2. The molecule has 6 heteroatoms. The predicted octanol–water partition coefficient (Wildman–Crippen LogP) is 1.58. The Morgan fingerprint density at radius 1 is 1.33 bits per heavy atom. The highest BCUT2D eigenvalue weighted by Gasteiger charge is 2.21. The minimum absolute atomic E-state index is 0.0117. The van der Waals surface area contributed by atoms with Crippen LogP contribution >= 0.6 is 11.3 Å². The maximum Gasteiger partial charge on any atom is 0.307 e. The third kappa shape index (κ3) is 4.17. The molecule has 2 rings (SSSR count). The third-order valence-electron chi connectivity index (χ3n) is 4.41. The lowest BCUT2D eigenvalue weighted by molar-refractivity contribution is -0.122. The van der Waals surface area contributed by atoms with Gasteiger partial charge in [0.05, 0.1) is 0 Å². The van der Waals surface area contributed by atoms with E-state index in [0.717, 1.165) is 36.3 Å². The van der Waals surface area contributed by atoms with Crippen LogP contribution in [0.1, 0.15) is 42.7 Å². The SMILES string of the molecule is Cc1sc(=O)n(CCC(=O)NC2CCC(CO)CC2)c1C. The number of thiazole rings is 1. The Labute approximate surface area is 129 Å². The van der Waals surface area contributed by atoms with Gasteiger partial charge in [0.25, 0.3) is 0 Å². The molecule has 118 valence electrons. The minimum Gasteiger partial charge on any atom is -0.396 e. The summed E-state index contributed by atoms with van der Waals surface area (Å²) < 4.78 is 1.68. The van der Waals surface area contributed by atoms with Crippen molar-refractivity contribution >= 4 is 17.2 Å². The molecule has 0 atom stereocenters. The van der Waals surface area contributed by atoms with Gasteiger partial charge >= 0.3 is 4.87 Å². The Hall–Kier alpha value is -1.14. The van der Waals surface area contributed by atoms with Gasteiger partial charge in [-0.1, -0.05) is 11.3 Å². The van der Waals surface area contributed by atoms with E-state index in [4.69, 9.17) is 5.11 Å². The van der Waals surface area contributed by atoms with Crippen LogP contribution in [-0.2, 0) is 11.3 Å². The van der Waals surface area contributed by atoms with Gasteiger partial charge in [0.1, 0.15) is 0 Å². The van der Waals surface area contributed by atoms with E-state index in [0.29, 0.717) is 18.9 Å². The Bertz CT molecular complexity index is 542. The largest absolute Gasteiger partial charge is 0.396 e. The van der Waals surface area contributed by atoms with Crippen LogP contribution in [-0.4, -0.2) is 28.2 Å². The predicted molar refractivity (Wildman–Crippen MR) is 83.6 cm³/mol. The average molecular weight is 312 g/mol. The standard InChI is InChI=1S/C15H24N2O3S/c1-10-11(2)21-15(20)17(10)8-7-14(19)16-13-5-3-12(9-18)4-6-13/h12-13,18H,3-9H2,1-2H3,(H,16,19). The molecule has 5 nitrogen and oxygen atoms in total. The highest BCUT2D eigenvalue weighted by atomic mass is 32.1. The zero-order valence-electron chi connectivity index (χ0n) is 12.7. The molecule has 1 aromatic heterocycles. The number of carbonyl (C=O) groups is 1. The molecule has 0 unspecified atom stereocenters. The number of aliphatic hydroxyl groups excluding tert-OH is 1. The molecule has 0 aliphatic heterocycles. The molecule has 1 saturated carbocycles. The van der Waals surface area contributed by atoms with Crippen molar-refractivity contribution in [3.8, 4) is 0 Å². The summed E-state index contributed by atoms with van der Waals surface area (Å²) in [6, 6.07) is 0.224. The molecule has 1 aliphatic carbocycles. The lowest BCUT2D eigenvalue weighted by Crippen LogP contribution is -2.38. The number of nitrogens with one attached hydrogen (secondary N) is 1. The van der Waals surface area contributed by atoms with Crippen molar-refractivity contribution in [2.75, 3.05) is 6.61 Å². The fourth-order valence-corrected chi connectivity index (χ4v) is 3.71. The summed E-state index contributed by atoms with van der Waals surface area (Å²) in [7, 11) is 0. The number of carbonyl (C=O) groups excluding carboxylic acids is 1. The maximum atomic E-state index is 12.0. The summed E-state index contributed by atoms with van der Waals surface area (Å²) in [5.41, 5.74) is 0.959. The number of aromatic nitrogens is 1. The van der Waals surface area contributed by atoms with Gasteiger partial charge in [-0.15, -0.1) is 0 Å². The summed E-state index contributed by atoms with van der Waals surface area (Å²) in [6.07, 6.45) is 4.17. The first-order chi connectivity index (χ1) is 10.0. The van der Waals surface area contributed by atoms with Gasteiger partial charge in [0.15, 0.2) is 0 Å². The van der Waals surface area contributed by atoms with Crippen molar-refractivity contribution in [2.24, 2.45) is 5.92 Å². The van der Waals surface area contributed by atoms with E-state index in [1.807, 2.05) is 13.8 Å². The molecule has 1 fully saturated rings. The van der Waals surface area contributed by atoms with E-state index >= 15 is 0 Å². The number of amides is 1. The normalized spacial score (nSPS) is 22.2. The quantitative estimate of drug-likeness (QED) is 0.867. The molecule has 1 aromatic rings. The van der Waals surface area contributed by atoms with Crippen LogP contribution in [0.4, 0.5) is 0 Å². The van der Waals surface area contributed by atoms with Crippen molar-refractivity contribution in [3.05, 3.63) is 20.2 Å². The smallest absolute Gasteiger partial charge is 0.307 e. The van der Waals surface area contributed by atoms with Crippen LogP contribution in [0.25, 0.3) is 0 Å². The zero-order valence-corrected chi connectivity index (χ0v) is 13.5. The topological polar surface area (TPSA) is 71.3 Å². The molecular formula is C15H24N2O3S. The molecule has 0 bridgehead atoms. The summed E-state index contributed by atoms with van der Waals surface area (Å²) >= 11 is 1.24. The van der Waals surface area contributed by atoms with Crippen LogP contribution in [0.5, 0.6) is 0 Å². The van der Waals surface area contributed by atoms with Crippen LogP contribution in [0.3, 0.4) is 0 Å². The van der Waals surface area contributed by atoms with Crippen LogP contribution in [0, 0.1) is 19.8 Å². The number of aliphatic hydroxyl groups is 1. The van der Waals surface area contributed by atoms with Crippen molar-refractivity contribution in [1.82, 2.24) is 9.88 Å². The monoisotopic (exact) mass is 312 g/mol. The second-order valence-electron chi connectivity index (χ2n) is 5.88. The molecular weight excluding hydrogens is 288 g/mol. The highest BCUT2D eigenvalue weighted by molar-refractivity contribution is 7.09. The molecule has 21 heavy (non-hydrogen) atoms. The molecule has 0 spiro atoms. The number of hydrogen-bond donors (Lipinski definition) is 2. The van der Waals surface area contributed by atoms with Gasteiger partial charge in [0, 0.05) is 36.2 Å². The molecule has 2 N–H and O–H groups in total. The number of aryl methyl sites for hydroxylation is 1. The van der Waals surface area contributed by atoms with E-state index in [9.17, 15) is 9.59 Å². The maximum absolute atomic E-state index is 12.0. The third-order valence-corrected chi connectivity index (χ3v) is 5.40. The molecule has 0 radical (unpaired) electrons. The number of nitrogens with zero attached hydrogens (tertiary/aromatic N) is 1. The molecule has 0 saturated heterocycles. The van der Waals surface area contributed by atoms with Gasteiger partial charge in [-0.05, 0) is 45.4 Å². The summed E-state index contributed by atoms with van der Waals surface area (Å²) in [5.74, 6) is 0.408. The highest BCUT2D eigenvalue weighted by Crippen LogP contribution is 2.23. The molecule has 1 heterocycles. The van der Waals surface area contributed by atoms with Gasteiger partial charge in [0.2, 0.25) is 5.91 Å². The summed E-state index contributed by atoms with van der Waals surface area (Å²) in [4.78, 5) is 24.8. The van der Waals surface area contributed by atoms with Crippen molar-refractivity contribution < 1.29 is 9.90 Å². The fraction of sp³-hybridized carbons (Fsp3) is 0.733. The second kappa shape index (κ2) is 7.22. The lowest BCUT2D eigenvalue weighted by Gasteiger charge is -2.28. The van der Waals surface area contributed by atoms with Gasteiger partial charge < -0.3 is 15.0 Å². The van der Waals surface area contributed by atoms with E-state index < -0.39 is 0 Å². The molecule has 1 amide bonds. The minimum atomic E-state index is 0.0117. The van der Waals surface area contributed by atoms with E-state index in [-0.39, 0.29) is 23.4 Å². The zero-order chi connectivity index (χ0) is 15.4. The molecule has 1 aliphatic rings. The first-order valence-electron chi connectivity index (χ1n) is 7.58. The van der Waals surface area contributed by atoms with Crippen LogP contribution in [0.15, 0.2) is 4.79 Å². The van der Waals surface area contributed by atoms with Gasteiger partial charge in [-0.3, -0.25) is 9.59 Å². The van der Waals surface area contributed by atoms with Gasteiger partial charge in [-0.2, -0.15) is 0 Å². The van der Waals surface area contributed by atoms with Crippen molar-refractivity contribution in [3.63, 3.8) is 0 Å². The van der Waals surface area contributed by atoms with E-state index in [1.54, 1.807) is 4.57 Å². The Balaban J connectivity index is 1.79. The fourth-order valence-electron chi connectivity index (χ4n) is 2.85. The first kappa shape index (κ1) is 16.2.